The third-order valence-corrected chi connectivity index (χ3v) is 2.32. The van der Waals surface area contributed by atoms with E-state index < -0.39 is 0 Å². The molecule has 0 saturated heterocycles. The van der Waals surface area contributed by atoms with Crippen molar-refractivity contribution < 1.29 is 23.7 Å². The van der Waals surface area contributed by atoms with Gasteiger partial charge in [0.25, 0.3) is 0 Å². The fraction of sp³-hybridized carbons (Fsp3) is 0.533. The highest BCUT2D eigenvalue weighted by atomic mass is 16.6. The molecule has 21 heavy (non-hydrogen) atoms. The van der Waals surface area contributed by atoms with Crippen LogP contribution >= 0.6 is 0 Å². The van der Waals surface area contributed by atoms with E-state index in [0.29, 0.717) is 45.2 Å². The molecule has 6 heteroatoms. The zero-order valence-corrected chi connectivity index (χ0v) is 12.6. The predicted octanol–water partition coefficient (Wildman–Crippen LogP) is 1.40. The van der Waals surface area contributed by atoms with Gasteiger partial charge in [-0.15, -0.1) is 0 Å². The Balaban J connectivity index is 4.00. The maximum Gasteiger partial charge on any atom is 0.246 e. The molecule has 0 saturated carbocycles. The van der Waals surface area contributed by atoms with Crippen molar-refractivity contribution in [3.63, 3.8) is 0 Å². The summed E-state index contributed by atoms with van der Waals surface area (Å²) < 4.78 is 20.9. The minimum atomic E-state index is -0.273. The quantitative estimate of drug-likeness (QED) is 0.298. The molecule has 0 radical (unpaired) electrons. The summed E-state index contributed by atoms with van der Waals surface area (Å²) in [6.45, 7) is 14.4. The van der Waals surface area contributed by atoms with E-state index in [2.05, 4.69) is 25.1 Å². The number of hydrogen-bond acceptors (Lipinski definition) is 5. The molecule has 0 aliphatic carbocycles. The number of carbonyl (C=O) groups excluding carboxylic acids is 1. The zero-order valence-electron chi connectivity index (χ0n) is 12.6. The number of hydrogen-bond donors (Lipinski definition) is 1. The second-order valence-corrected chi connectivity index (χ2v) is 4.13. The molecule has 0 aromatic rings. The highest BCUT2D eigenvalue weighted by Crippen LogP contribution is 1.95. The van der Waals surface area contributed by atoms with Gasteiger partial charge in [-0.2, -0.15) is 0 Å². The summed E-state index contributed by atoms with van der Waals surface area (Å²) >= 11 is 0. The zero-order chi connectivity index (χ0) is 15.9. The number of nitrogens with one attached hydrogen (secondary N) is 1. The van der Waals surface area contributed by atoms with E-state index in [0.717, 1.165) is 0 Å². The van der Waals surface area contributed by atoms with E-state index in [9.17, 15) is 4.79 Å². The smallest absolute Gasteiger partial charge is 0.246 e. The summed E-state index contributed by atoms with van der Waals surface area (Å²) in [6, 6.07) is 0. The van der Waals surface area contributed by atoms with Crippen LogP contribution in [0.15, 0.2) is 37.8 Å². The molecule has 0 aliphatic heterocycles. The van der Waals surface area contributed by atoms with Crippen LogP contribution in [-0.4, -0.2) is 51.6 Å². The average Bonchev–Trinajstić information content (AvgIpc) is 2.47. The van der Waals surface area contributed by atoms with E-state index in [4.69, 9.17) is 18.9 Å². The van der Waals surface area contributed by atoms with Crippen LogP contribution in [0, 0.1) is 0 Å². The molecule has 1 unspecified atom stereocenters. The molecule has 0 spiro atoms. The highest BCUT2D eigenvalue weighted by Gasteiger charge is 2.12. The molecule has 0 aliphatic rings. The van der Waals surface area contributed by atoms with Crippen LogP contribution < -0.4 is 5.32 Å². The topological polar surface area (TPSA) is 66.0 Å². The van der Waals surface area contributed by atoms with E-state index in [1.54, 1.807) is 6.92 Å². The molecular weight excluding hydrogens is 274 g/mol. The molecule has 0 bridgehead atoms. The lowest BCUT2D eigenvalue weighted by molar-refractivity contribution is -0.118. The van der Waals surface area contributed by atoms with Crippen molar-refractivity contribution in [2.45, 2.75) is 13.0 Å². The van der Waals surface area contributed by atoms with Crippen LogP contribution in [0.1, 0.15) is 6.92 Å². The maximum atomic E-state index is 11.5. The van der Waals surface area contributed by atoms with E-state index in [-0.39, 0.29) is 12.0 Å². The first-order valence-corrected chi connectivity index (χ1v) is 6.69. The Morgan fingerprint density at radius 1 is 1.14 bits per heavy atom. The number of rotatable bonds is 14. The van der Waals surface area contributed by atoms with Gasteiger partial charge in [0.1, 0.15) is 13.2 Å². The normalized spacial score (nSPS) is 11.3. The summed E-state index contributed by atoms with van der Waals surface area (Å²) in [5.41, 5.74) is 0.448. The van der Waals surface area contributed by atoms with E-state index in [1.165, 1.54) is 12.5 Å². The van der Waals surface area contributed by atoms with Gasteiger partial charge in [-0.25, -0.2) is 0 Å². The summed E-state index contributed by atoms with van der Waals surface area (Å²) in [5.74, 6) is -0.207. The molecule has 1 N–H and O–H groups in total. The fourth-order valence-electron chi connectivity index (χ4n) is 1.27. The Hall–Kier alpha value is -1.79. The molecule has 0 rings (SSSR count). The number of ether oxygens (including phenoxy) is 4. The van der Waals surface area contributed by atoms with E-state index in [1.807, 2.05) is 0 Å². The summed E-state index contributed by atoms with van der Waals surface area (Å²) in [4.78, 5) is 11.5. The van der Waals surface area contributed by atoms with Gasteiger partial charge in [0.2, 0.25) is 5.91 Å². The van der Waals surface area contributed by atoms with Crippen LogP contribution in [0.4, 0.5) is 0 Å². The Morgan fingerprint density at radius 3 is 2.33 bits per heavy atom. The van der Waals surface area contributed by atoms with Crippen LogP contribution in [-0.2, 0) is 23.7 Å². The van der Waals surface area contributed by atoms with Crippen LogP contribution in [0.5, 0.6) is 0 Å². The summed E-state index contributed by atoms with van der Waals surface area (Å²) in [6.07, 6.45) is 2.44. The van der Waals surface area contributed by atoms with Crippen molar-refractivity contribution >= 4 is 5.91 Å². The number of amides is 1. The molecular formula is C15H25NO5. The molecule has 120 valence electrons. The van der Waals surface area contributed by atoms with Crippen molar-refractivity contribution in [2.24, 2.45) is 0 Å². The third-order valence-electron chi connectivity index (χ3n) is 2.32. The van der Waals surface area contributed by atoms with Crippen molar-refractivity contribution in [3.8, 4) is 0 Å². The monoisotopic (exact) mass is 299 g/mol. The van der Waals surface area contributed by atoms with Gasteiger partial charge >= 0.3 is 0 Å². The van der Waals surface area contributed by atoms with Crippen molar-refractivity contribution in [2.75, 3.05) is 39.6 Å². The minimum absolute atomic E-state index is 0.207. The molecule has 1 amide bonds. The van der Waals surface area contributed by atoms with Crippen molar-refractivity contribution in [1.82, 2.24) is 5.32 Å². The van der Waals surface area contributed by atoms with Gasteiger partial charge in [-0.05, 0) is 6.92 Å². The fourth-order valence-corrected chi connectivity index (χ4v) is 1.27. The lowest BCUT2D eigenvalue weighted by Crippen LogP contribution is -2.37. The Bertz CT molecular complexity index is 330. The first-order chi connectivity index (χ1) is 10.1. The maximum absolute atomic E-state index is 11.5. The molecule has 0 aromatic heterocycles. The first-order valence-electron chi connectivity index (χ1n) is 6.69. The molecule has 0 heterocycles. The molecule has 0 aromatic carbocycles. The Morgan fingerprint density at radius 2 is 1.76 bits per heavy atom. The molecule has 1 atom stereocenters. The second kappa shape index (κ2) is 13.2. The standard InChI is InChI=1S/C15H25NO5/c1-5-18-7-8-20-12-14(21-10-9-19-6-2)11-16-15(17)13(3)4/h5-6,14H,1-3,7-12H2,4H3,(H,16,17). The first kappa shape index (κ1) is 19.2. The highest BCUT2D eigenvalue weighted by molar-refractivity contribution is 5.92. The molecule has 6 nitrogen and oxygen atoms in total. The van der Waals surface area contributed by atoms with Gasteiger partial charge in [0.05, 0.1) is 38.4 Å². The SMILES string of the molecule is C=COCCOCC(CNC(=O)C(=C)C)OCCOC=C. The van der Waals surface area contributed by atoms with E-state index >= 15 is 0 Å². The van der Waals surface area contributed by atoms with Crippen LogP contribution in [0.25, 0.3) is 0 Å². The summed E-state index contributed by atoms with van der Waals surface area (Å²) in [5, 5.41) is 2.72. The van der Waals surface area contributed by atoms with Crippen molar-refractivity contribution in [1.29, 1.82) is 0 Å². The van der Waals surface area contributed by atoms with Gasteiger partial charge in [0.15, 0.2) is 0 Å². The largest absolute Gasteiger partial charge is 0.499 e. The lowest BCUT2D eigenvalue weighted by Gasteiger charge is -2.18. The predicted molar refractivity (Wildman–Crippen MR) is 80.7 cm³/mol. The second-order valence-electron chi connectivity index (χ2n) is 4.13. The van der Waals surface area contributed by atoms with Gasteiger partial charge in [0, 0.05) is 12.1 Å². The van der Waals surface area contributed by atoms with Gasteiger partial charge in [-0.3, -0.25) is 4.79 Å². The van der Waals surface area contributed by atoms with Crippen LogP contribution in [0.2, 0.25) is 0 Å². The minimum Gasteiger partial charge on any atom is -0.499 e. The Labute approximate surface area is 126 Å². The van der Waals surface area contributed by atoms with Crippen LogP contribution in [0.3, 0.4) is 0 Å². The lowest BCUT2D eigenvalue weighted by atomic mass is 10.3. The summed E-state index contributed by atoms with van der Waals surface area (Å²) in [7, 11) is 0. The van der Waals surface area contributed by atoms with Gasteiger partial charge < -0.3 is 24.3 Å². The Kier molecular flexibility index (Phi) is 12.1. The average molecular weight is 299 g/mol. The van der Waals surface area contributed by atoms with Gasteiger partial charge in [-0.1, -0.05) is 19.7 Å². The molecule has 0 fully saturated rings. The third kappa shape index (κ3) is 11.7. The number of carbonyl (C=O) groups is 1. The van der Waals surface area contributed by atoms with Crippen molar-refractivity contribution in [3.05, 3.63) is 37.8 Å².